The van der Waals surface area contributed by atoms with Gasteiger partial charge in [-0.25, -0.2) is 8.42 Å². The van der Waals surface area contributed by atoms with E-state index in [4.69, 9.17) is 16.3 Å². The number of sulfone groups is 1. The molecule has 6 nitrogen and oxygen atoms in total. The van der Waals surface area contributed by atoms with Crippen LogP contribution in [0.3, 0.4) is 0 Å². The van der Waals surface area contributed by atoms with Crippen molar-refractivity contribution in [3.8, 4) is 5.75 Å². The number of carbonyl (C=O) groups excluding carboxylic acids is 1. The number of fused-ring (bicyclic) bond motifs is 1. The molecule has 0 aliphatic carbocycles. The Labute approximate surface area is 175 Å². The van der Waals surface area contributed by atoms with Crippen LogP contribution in [0.15, 0.2) is 48.5 Å². The largest absolute Gasteiger partial charge is 0.494 e. The molecule has 2 saturated heterocycles. The number of anilines is 1. The van der Waals surface area contributed by atoms with Gasteiger partial charge in [0.05, 0.1) is 30.7 Å². The third-order valence-corrected chi connectivity index (χ3v) is 7.38. The Morgan fingerprint density at radius 1 is 1.03 bits per heavy atom. The fourth-order valence-corrected chi connectivity index (χ4v) is 6.27. The summed E-state index contributed by atoms with van der Waals surface area (Å²) in [6.07, 6.45) is 0. The van der Waals surface area contributed by atoms with E-state index in [9.17, 15) is 13.2 Å². The van der Waals surface area contributed by atoms with Crippen molar-refractivity contribution in [3.05, 3.63) is 59.1 Å². The number of benzene rings is 2. The van der Waals surface area contributed by atoms with E-state index in [2.05, 4.69) is 0 Å². The van der Waals surface area contributed by atoms with Gasteiger partial charge < -0.3 is 9.64 Å². The van der Waals surface area contributed by atoms with Crippen LogP contribution in [-0.2, 0) is 21.2 Å². The van der Waals surface area contributed by atoms with E-state index in [-0.39, 0.29) is 30.0 Å². The summed E-state index contributed by atoms with van der Waals surface area (Å²) in [6.45, 7) is 3.15. The van der Waals surface area contributed by atoms with Gasteiger partial charge in [0.25, 0.3) is 0 Å². The zero-order valence-corrected chi connectivity index (χ0v) is 17.7. The molecule has 0 N–H and O–H groups in total. The molecule has 0 unspecified atom stereocenters. The van der Waals surface area contributed by atoms with Crippen LogP contribution >= 0.6 is 11.6 Å². The molecule has 0 radical (unpaired) electrons. The quantitative estimate of drug-likeness (QED) is 0.723. The van der Waals surface area contributed by atoms with Gasteiger partial charge in [0, 0.05) is 23.3 Å². The minimum Gasteiger partial charge on any atom is -0.494 e. The van der Waals surface area contributed by atoms with Gasteiger partial charge in [-0.2, -0.15) is 0 Å². The minimum atomic E-state index is -3.22. The van der Waals surface area contributed by atoms with Crippen LogP contribution in [0.4, 0.5) is 5.69 Å². The van der Waals surface area contributed by atoms with Gasteiger partial charge in [0.2, 0.25) is 5.91 Å². The lowest BCUT2D eigenvalue weighted by Crippen LogP contribution is -2.61. The van der Waals surface area contributed by atoms with Crippen molar-refractivity contribution in [2.75, 3.05) is 29.6 Å². The molecular weight excluding hydrogens is 412 g/mol. The second-order valence-corrected chi connectivity index (χ2v) is 10.0. The van der Waals surface area contributed by atoms with E-state index >= 15 is 0 Å². The first kappa shape index (κ1) is 20.2. The van der Waals surface area contributed by atoms with Gasteiger partial charge in [0.15, 0.2) is 9.84 Å². The van der Waals surface area contributed by atoms with Crippen LogP contribution in [0.2, 0.25) is 5.02 Å². The maximum atomic E-state index is 13.1. The molecule has 2 fully saturated rings. The molecule has 2 aliphatic heterocycles. The summed E-state index contributed by atoms with van der Waals surface area (Å²) in [4.78, 5) is 16.7. The van der Waals surface area contributed by atoms with Crippen molar-refractivity contribution >= 4 is 33.0 Å². The molecule has 0 saturated carbocycles. The van der Waals surface area contributed by atoms with Crippen LogP contribution in [0.1, 0.15) is 12.5 Å². The Bertz CT molecular complexity index is 992. The van der Waals surface area contributed by atoms with Gasteiger partial charge in [-0.3, -0.25) is 9.69 Å². The molecule has 154 valence electrons. The van der Waals surface area contributed by atoms with Crippen molar-refractivity contribution in [2.24, 2.45) is 0 Å². The van der Waals surface area contributed by atoms with Gasteiger partial charge in [-0.1, -0.05) is 23.7 Å². The van der Waals surface area contributed by atoms with Crippen LogP contribution < -0.4 is 9.64 Å². The third-order valence-electron chi connectivity index (χ3n) is 5.43. The number of hydrogen-bond acceptors (Lipinski definition) is 5. The lowest BCUT2D eigenvalue weighted by atomic mass is 10.0. The minimum absolute atomic E-state index is 0.0201. The average molecular weight is 435 g/mol. The molecule has 1 amide bonds. The zero-order chi connectivity index (χ0) is 20.6. The predicted octanol–water partition coefficient (Wildman–Crippen LogP) is 2.75. The van der Waals surface area contributed by atoms with Crippen molar-refractivity contribution in [2.45, 2.75) is 25.6 Å². The number of carbonyl (C=O) groups is 1. The van der Waals surface area contributed by atoms with Crippen LogP contribution in [-0.4, -0.2) is 56.0 Å². The Balaban J connectivity index is 1.61. The maximum absolute atomic E-state index is 13.1. The summed E-state index contributed by atoms with van der Waals surface area (Å²) in [5.41, 5.74) is 1.71. The molecule has 2 aromatic rings. The summed E-state index contributed by atoms with van der Waals surface area (Å²) in [7, 11) is -3.22. The SMILES string of the molecule is CCOc1ccc(N2C(=O)CN(Cc3ccc(Cl)cc3)[C@@H]3CS(=O)(=O)C[C@H]32)cc1. The van der Waals surface area contributed by atoms with Gasteiger partial charge >= 0.3 is 0 Å². The molecule has 4 rings (SSSR count). The number of ether oxygens (including phenoxy) is 1. The lowest BCUT2D eigenvalue weighted by molar-refractivity contribution is -0.123. The highest BCUT2D eigenvalue weighted by Gasteiger charge is 2.49. The Morgan fingerprint density at radius 2 is 1.69 bits per heavy atom. The van der Waals surface area contributed by atoms with Crippen molar-refractivity contribution in [1.82, 2.24) is 4.90 Å². The van der Waals surface area contributed by atoms with E-state index < -0.39 is 15.9 Å². The highest BCUT2D eigenvalue weighted by atomic mass is 35.5. The molecule has 2 heterocycles. The van der Waals surface area contributed by atoms with Crippen LogP contribution in [0, 0.1) is 0 Å². The van der Waals surface area contributed by atoms with Gasteiger partial charge in [0.1, 0.15) is 5.75 Å². The van der Waals surface area contributed by atoms with E-state index in [0.29, 0.717) is 23.9 Å². The molecule has 0 aromatic heterocycles. The van der Waals surface area contributed by atoms with Crippen molar-refractivity contribution < 1.29 is 17.9 Å². The number of rotatable bonds is 5. The molecule has 0 spiro atoms. The monoisotopic (exact) mass is 434 g/mol. The third kappa shape index (κ3) is 4.27. The molecule has 0 bridgehead atoms. The molecule has 2 aromatic carbocycles. The fraction of sp³-hybridized carbons (Fsp3) is 0.381. The second kappa shape index (κ2) is 7.97. The number of amides is 1. The first-order valence-corrected chi connectivity index (χ1v) is 11.8. The van der Waals surface area contributed by atoms with Crippen LogP contribution in [0.5, 0.6) is 5.75 Å². The number of nitrogens with zero attached hydrogens (tertiary/aromatic N) is 2. The zero-order valence-electron chi connectivity index (χ0n) is 16.1. The van der Waals surface area contributed by atoms with Crippen molar-refractivity contribution in [3.63, 3.8) is 0 Å². The van der Waals surface area contributed by atoms with Crippen molar-refractivity contribution in [1.29, 1.82) is 0 Å². The summed E-state index contributed by atoms with van der Waals surface area (Å²) < 4.78 is 30.4. The van der Waals surface area contributed by atoms with Gasteiger partial charge in [-0.15, -0.1) is 0 Å². The average Bonchev–Trinajstić information content (AvgIpc) is 3.00. The summed E-state index contributed by atoms with van der Waals surface area (Å²) in [6, 6.07) is 14.0. The van der Waals surface area contributed by atoms with E-state index in [1.807, 2.05) is 48.2 Å². The Kier molecular flexibility index (Phi) is 5.55. The van der Waals surface area contributed by atoms with Gasteiger partial charge in [-0.05, 0) is 48.9 Å². The van der Waals surface area contributed by atoms with E-state index in [1.165, 1.54) is 0 Å². The van der Waals surface area contributed by atoms with Crippen LogP contribution in [0.25, 0.3) is 0 Å². The highest BCUT2D eigenvalue weighted by Crippen LogP contribution is 2.33. The van der Waals surface area contributed by atoms with E-state index in [1.54, 1.807) is 17.0 Å². The standard InChI is InChI=1S/C21H23ClN2O4S/c1-2-28-18-9-7-17(8-10-18)24-20-14-29(26,27)13-19(20)23(12-21(24)25)11-15-3-5-16(22)6-4-15/h3-10,19-20H,2,11-14H2,1H3/t19-,20-/m1/s1. The normalized spacial score (nSPS) is 23.8. The maximum Gasteiger partial charge on any atom is 0.241 e. The topological polar surface area (TPSA) is 66.9 Å². The summed E-state index contributed by atoms with van der Waals surface area (Å²) >= 11 is 5.96. The lowest BCUT2D eigenvalue weighted by Gasteiger charge is -2.43. The fourth-order valence-electron chi connectivity index (χ4n) is 4.16. The smallest absolute Gasteiger partial charge is 0.241 e. The molecule has 2 aliphatic rings. The summed E-state index contributed by atoms with van der Waals surface area (Å²) in [5.74, 6) is 0.668. The number of hydrogen-bond donors (Lipinski definition) is 0. The first-order valence-electron chi connectivity index (χ1n) is 9.60. The Hall–Kier alpha value is -2.09. The first-order chi connectivity index (χ1) is 13.9. The number of halogens is 1. The predicted molar refractivity (Wildman–Crippen MR) is 113 cm³/mol. The molecule has 29 heavy (non-hydrogen) atoms. The number of piperazine rings is 1. The molecular formula is C21H23ClN2O4S. The molecule has 8 heteroatoms. The second-order valence-electron chi connectivity index (χ2n) is 7.43. The Morgan fingerprint density at radius 3 is 2.34 bits per heavy atom. The molecule has 2 atom stereocenters. The van der Waals surface area contributed by atoms with E-state index in [0.717, 1.165) is 11.3 Å². The summed E-state index contributed by atoms with van der Waals surface area (Å²) in [5, 5.41) is 0.645. The highest BCUT2D eigenvalue weighted by molar-refractivity contribution is 7.91.